The van der Waals surface area contributed by atoms with Gasteiger partial charge in [0.15, 0.2) is 0 Å². The van der Waals surface area contributed by atoms with Crippen LogP contribution in [0.4, 0.5) is 19.0 Å². The Morgan fingerprint density at radius 1 is 1.00 bits per heavy atom. The predicted molar refractivity (Wildman–Crippen MR) is 75.1 cm³/mol. The van der Waals surface area contributed by atoms with Gasteiger partial charge in [0.2, 0.25) is 0 Å². The normalized spacial score (nSPS) is 18.1. The Morgan fingerprint density at radius 3 is 2.52 bits per heavy atom. The Morgan fingerprint density at radius 2 is 1.76 bits per heavy atom. The number of aromatic nitrogens is 1. The standard InChI is InChI=1S/C16H15F3N2/c17-16(18,19)14-6-3-7-15(21-14)20-13-9-8-11-4-1-2-5-12(11)10-13/h1-7,13H,8-10H2,(H,20,21). The number of benzene rings is 1. The van der Waals surface area contributed by atoms with Crippen LogP contribution >= 0.6 is 0 Å². The van der Waals surface area contributed by atoms with Gasteiger partial charge in [-0.1, -0.05) is 30.3 Å². The van der Waals surface area contributed by atoms with Crippen molar-refractivity contribution >= 4 is 5.82 Å². The lowest BCUT2D eigenvalue weighted by Crippen LogP contribution is -2.28. The molecule has 0 fully saturated rings. The molecule has 1 aromatic carbocycles. The van der Waals surface area contributed by atoms with Gasteiger partial charge in [-0.3, -0.25) is 0 Å². The molecule has 1 atom stereocenters. The van der Waals surface area contributed by atoms with Crippen LogP contribution in [0, 0.1) is 0 Å². The number of pyridine rings is 1. The Balaban J connectivity index is 1.74. The van der Waals surface area contributed by atoms with Crippen LogP contribution in [0.1, 0.15) is 23.2 Å². The third-order valence-electron chi connectivity index (χ3n) is 3.74. The second kappa shape index (κ2) is 5.39. The summed E-state index contributed by atoms with van der Waals surface area (Å²) in [6.45, 7) is 0. The predicted octanol–water partition coefficient (Wildman–Crippen LogP) is 4.07. The number of hydrogen-bond acceptors (Lipinski definition) is 2. The van der Waals surface area contributed by atoms with Crippen molar-refractivity contribution in [3.8, 4) is 0 Å². The topological polar surface area (TPSA) is 24.9 Å². The molecule has 2 nitrogen and oxygen atoms in total. The fourth-order valence-corrected chi connectivity index (χ4v) is 2.70. The molecule has 0 spiro atoms. The summed E-state index contributed by atoms with van der Waals surface area (Å²) >= 11 is 0. The molecule has 21 heavy (non-hydrogen) atoms. The minimum atomic E-state index is -4.41. The van der Waals surface area contributed by atoms with Crippen LogP contribution in [0.2, 0.25) is 0 Å². The summed E-state index contributed by atoms with van der Waals surface area (Å²) in [4.78, 5) is 3.66. The van der Waals surface area contributed by atoms with Gasteiger partial charge in [-0.15, -0.1) is 0 Å². The van der Waals surface area contributed by atoms with Crippen LogP contribution in [0.5, 0.6) is 0 Å². The summed E-state index contributed by atoms with van der Waals surface area (Å²) in [6, 6.07) is 12.3. The Bertz CT molecular complexity index is 637. The van der Waals surface area contributed by atoms with Crippen molar-refractivity contribution in [3.63, 3.8) is 0 Å². The summed E-state index contributed by atoms with van der Waals surface area (Å²) in [7, 11) is 0. The van der Waals surface area contributed by atoms with E-state index in [1.54, 1.807) is 6.07 Å². The summed E-state index contributed by atoms with van der Waals surface area (Å²) in [5.41, 5.74) is 1.73. The van der Waals surface area contributed by atoms with Gasteiger partial charge in [-0.25, -0.2) is 4.98 Å². The number of hydrogen-bond donors (Lipinski definition) is 1. The second-order valence-electron chi connectivity index (χ2n) is 5.26. The van der Waals surface area contributed by atoms with Gasteiger partial charge in [-0.2, -0.15) is 13.2 Å². The monoisotopic (exact) mass is 292 g/mol. The van der Waals surface area contributed by atoms with Crippen LogP contribution in [-0.4, -0.2) is 11.0 Å². The first kappa shape index (κ1) is 13.9. The van der Waals surface area contributed by atoms with E-state index in [0.29, 0.717) is 0 Å². The molecule has 0 bridgehead atoms. The average molecular weight is 292 g/mol. The molecule has 110 valence electrons. The summed E-state index contributed by atoms with van der Waals surface area (Å²) in [6.07, 6.45) is -1.76. The number of nitrogens with zero attached hydrogens (tertiary/aromatic N) is 1. The highest BCUT2D eigenvalue weighted by Gasteiger charge is 2.32. The van der Waals surface area contributed by atoms with E-state index in [2.05, 4.69) is 22.4 Å². The maximum atomic E-state index is 12.7. The number of alkyl halides is 3. The van der Waals surface area contributed by atoms with Crippen molar-refractivity contribution < 1.29 is 13.2 Å². The maximum Gasteiger partial charge on any atom is 0.433 e. The van der Waals surface area contributed by atoms with E-state index in [1.165, 1.54) is 17.2 Å². The quantitative estimate of drug-likeness (QED) is 0.902. The Kier molecular flexibility index (Phi) is 3.57. The van der Waals surface area contributed by atoms with Crippen molar-refractivity contribution in [1.82, 2.24) is 4.98 Å². The molecule has 1 N–H and O–H groups in total. The minimum Gasteiger partial charge on any atom is -0.367 e. The van der Waals surface area contributed by atoms with E-state index in [-0.39, 0.29) is 11.9 Å². The Hall–Kier alpha value is -2.04. The highest BCUT2D eigenvalue weighted by atomic mass is 19.4. The molecule has 1 unspecified atom stereocenters. The van der Waals surface area contributed by atoms with Crippen molar-refractivity contribution in [2.75, 3.05) is 5.32 Å². The number of halogens is 3. The summed E-state index contributed by atoms with van der Waals surface area (Å²) in [5, 5.41) is 3.12. The van der Waals surface area contributed by atoms with Gasteiger partial charge in [-0.05, 0) is 42.5 Å². The van der Waals surface area contributed by atoms with E-state index in [4.69, 9.17) is 0 Å². The highest BCUT2D eigenvalue weighted by molar-refractivity contribution is 5.39. The number of fused-ring (bicyclic) bond motifs is 1. The zero-order valence-corrected chi connectivity index (χ0v) is 11.3. The fraction of sp³-hybridized carbons (Fsp3) is 0.312. The van der Waals surface area contributed by atoms with Crippen LogP contribution in [0.15, 0.2) is 42.5 Å². The fourth-order valence-electron chi connectivity index (χ4n) is 2.70. The highest BCUT2D eigenvalue weighted by Crippen LogP contribution is 2.29. The molecule has 1 heterocycles. The van der Waals surface area contributed by atoms with Crippen LogP contribution in [0.25, 0.3) is 0 Å². The van der Waals surface area contributed by atoms with E-state index >= 15 is 0 Å². The maximum absolute atomic E-state index is 12.7. The third-order valence-corrected chi connectivity index (χ3v) is 3.74. The van der Waals surface area contributed by atoms with E-state index < -0.39 is 11.9 Å². The smallest absolute Gasteiger partial charge is 0.367 e. The molecule has 1 aliphatic carbocycles. The molecule has 0 radical (unpaired) electrons. The van der Waals surface area contributed by atoms with Crippen LogP contribution in [-0.2, 0) is 19.0 Å². The van der Waals surface area contributed by atoms with Crippen LogP contribution in [0.3, 0.4) is 0 Å². The second-order valence-corrected chi connectivity index (χ2v) is 5.26. The van der Waals surface area contributed by atoms with E-state index in [0.717, 1.165) is 25.3 Å². The lowest BCUT2D eigenvalue weighted by Gasteiger charge is -2.26. The third kappa shape index (κ3) is 3.17. The number of aryl methyl sites for hydroxylation is 1. The summed E-state index contributed by atoms with van der Waals surface area (Å²) < 4.78 is 38.0. The molecule has 3 rings (SSSR count). The molecule has 0 saturated heterocycles. The van der Waals surface area contributed by atoms with Crippen molar-refractivity contribution in [1.29, 1.82) is 0 Å². The zero-order chi connectivity index (χ0) is 14.9. The molecular weight excluding hydrogens is 277 g/mol. The number of nitrogens with one attached hydrogen (secondary N) is 1. The van der Waals surface area contributed by atoms with Gasteiger partial charge in [0.25, 0.3) is 0 Å². The lowest BCUT2D eigenvalue weighted by atomic mass is 9.88. The van der Waals surface area contributed by atoms with Crippen molar-refractivity contribution in [2.24, 2.45) is 0 Å². The first-order chi connectivity index (χ1) is 10.0. The summed E-state index contributed by atoms with van der Waals surface area (Å²) in [5.74, 6) is 0.286. The Labute approximate surface area is 121 Å². The average Bonchev–Trinajstić information content (AvgIpc) is 2.46. The lowest BCUT2D eigenvalue weighted by molar-refractivity contribution is -0.141. The van der Waals surface area contributed by atoms with Gasteiger partial charge < -0.3 is 5.32 Å². The van der Waals surface area contributed by atoms with E-state index in [1.807, 2.05) is 12.1 Å². The molecule has 2 aromatic rings. The largest absolute Gasteiger partial charge is 0.433 e. The van der Waals surface area contributed by atoms with Gasteiger partial charge in [0, 0.05) is 6.04 Å². The van der Waals surface area contributed by atoms with Gasteiger partial charge in [0.05, 0.1) is 0 Å². The first-order valence-corrected chi connectivity index (χ1v) is 6.90. The minimum absolute atomic E-state index is 0.121. The molecular formula is C16H15F3N2. The van der Waals surface area contributed by atoms with Crippen molar-refractivity contribution in [3.05, 3.63) is 59.3 Å². The van der Waals surface area contributed by atoms with Crippen LogP contribution < -0.4 is 5.32 Å². The SMILES string of the molecule is FC(F)(F)c1cccc(NC2CCc3ccccc3C2)n1. The molecule has 0 amide bonds. The molecule has 1 aliphatic rings. The van der Waals surface area contributed by atoms with Gasteiger partial charge in [0.1, 0.15) is 11.5 Å². The zero-order valence-electron chi connectivity index (χ0n) is 11.3. The molecule has 5 heteroatoms. The first-order valence-electron chi connectivity index (χ1n) is 6.90. The number of anilines is 1. The van der Waals surface area contributed by atoms with Crippen molar-refractivity contribution in [2.45, 2.75) is 31.5 Å². The molecule has 0 saturated carbocycles. The molecule has 0 aliphatic heterocycles. The number of rotatable bonds is 2. The van der Waals surface area contributed by atoms with Gasteiger partial charge >= 0.3 is 6.18 Å². The van der Waals surface area contributed by atoms with E-state index in [9.17, 15) is 13.2 Å². The molecule has 1 aromatic heterocycles.